The van der Waals surface area contributed by atoms with Crippen molar-refractivity contribution in [2.45, 2.75) is 19.9 Å². The van der Waals surface area contributed by atoms with Crippen LogP contribution in [-0.4, -0.2) is 56.9 Å². The molecule has 1 amide bonds. The zero-order valence-corrected chi connectivity index (χ0v) is 17.3. The van der Waals surface area contributed by atoms with Gasteiger partial charge in [-0.1, -0.05) is 0 Å². The van der Waals surface area contributed by atoms with Crippen LogP contribution < -0.4 is 14.8 Å². The van der Waals surface area contributed by atoms with Crippen molar-refractivity contribution in [2.24, 2.45) is 0 Å². The monoisotopic (exact) mass is 404 g/mol. The molecule has 28 heavy (non-hydrogen) atoms. The Morgan fingerprint density at radius 3 is 2.61 bits per heavy atom. The smallest absolute Gasteiger partial charge is 0.251 e. The first kappa shape index (κ1) is 20.6. The van der Waals surface area contributed by atoms with Gasteiger partial charge in [0.1, 0.15) is 0 Å². The van der Waals surface area contributed by atoms with Gasteiger partial charge in [-0.15, -0.1) is 0 Å². The van der Waals surface area contributed by atoms with Crippen LogP contribution in [0.2, 0.25) is 0 Å². The SMILES string of the molecule is CCOc1ccc(C(=O)NCC(c2ccsc2)N2CCOCC2)cc1OCC. The number of morpholine rings is 1. The van der Waals surface area contributed by atoms with Crippen molar-refractivity contribution in [1.29, 1.82) is 0 Å². The molecule has 1 atom stereocenters. The normalized spacial score (nSPS) is 15.8. The number of hydrogen-bond donors (Lipinski definition) is 1. The van der Waals surface area contributed by atoms with Crippen LogP contribution in [0.15, 0.2) is 35.0 Å². The van der Waals surface area contributed by atoms with Crippen molar-refractivity contribution in [3.05, 3.63) is 46.2 Å². The number of thiophene rings is 1. The fraction of sp³-hybridized carbons (Fsp3) is 0.476. The maximum atomic E-state index is 12.8. The molecule has 1 aromatic heterocycles. The fourth-order valence-corrected chi connectivity index (χ4v) is 4.00. The summed E-state index contributed by atoms with van der Waals surface area (Å²) >= 11 is 1.68. The van der Waals surface area contributed by atoms with E-state index in [0.29, 0.717) is 36.8 Å². The van der Waals surface area contributed by atoms with Gasteiger partial charge in [0.2, 0.25) is 0 Å². The minimum atomic E-state index is -0.113. The van der Waals surface area contributed by atoms with E-state index in [1.54, 1.807) is 29.5 Å². The molecule has 0 bridgehead atoms. The van der Waals surface area contributed by atoms with E-state index in [1.165, 1.54) is 5.56 Å². The van der Waals surface area contributed by atoms with E-state index in [2.05, 4.69) is 27.0 Å². The zero-order valence-electron chi connectivity index (χ0n) is 16.5. The highest BCUT2D eigenvalue weighted by Crippen LogP contribution is 2.29. The van der Waals surface area contributed by atoms with Crippen LogP contribution in [0.5, 0.6) is 11.5 Å². The van der Waals surface area contributed by atoms with Gasteiger partial charge in [-0.05, 0) is 54.4 Å². The number of nitrogens with zero attached hydrogens (tertiary/aromatic N) is 1. The third kappa shape index (κ3) is 5.25. The van der Waals surface area contributed by atoms with Crippen LogP contribution in [0.3, 0.4) is 0 Å². The number of carbonyl (C=O) groups is 1. The maximum absolute atomic E-state index is 12.8. The Labute approximate surface area is 170 Å². The summed E-state index contributed by atoms with van der Waals surface area (Å²) in [5.74, 6) is 1.14. The molecule has 0 aliphatic carbocycles. The van der Waals surface area contributed by atoms with E-state index in [9.17, 15) is 4.79 Å². The van der Waals surface area contributed by atoms with Crippen LogP contribution in [-0.2, 0) is 4.74 Å². The molecule has 152 valence electrons. The molecule has 3 rings (SSSR count). The van der Waals surface area contributed by atoms with Gasteiger partial charge in [-0.25, -0.2) is 0 Å². The molecular weight excluding hydrogens is 376 g/mol. The van der Waals surface area contributed by atoms with Gasteiger partial charge in [-0.3, -0.25) is 9.69 Å². The number of nitrogens with one attached hydrogen (secondary N) is 1. The predicted octanol–water partition coefficient (Wildman–Crippen LogP) is 3.35. The lowest BCUT2D eigenvalue weighted by atomic mass is 10.1. The number of hydrogen-bond acceptors (Lipinski definition) is 6. The van der Waals surface area contributed by atoms with Gasteiger partial charge in [-0.2, -0.15) is 11.3 Å². The molecule has 0 radical (unpaired) electrons. The molecule has 0 saturated carbocycles. The summed E-state index contributed by atoms with van der Waals surface area (Å²) < 4.78 is 16.7. The topological polar surface area (TPSA) is 60.0 Å². The predicted molar refractivity (Wildman–Crippen MR) is 111 cm³/mol. The number of amides is 1. The molecule has 6 nitrogen and oxygen atoms in total. The Morgan fingerprint density at radius 2 is 1.93 bits per heavy atom. The third-order valence-corrected chi connectivity index (χ3v) is 5.38. The molecule has 7 heteroatoms. The molecule has 1 saturated heterocycles. The van der Waals surface area contributed by atoms with E-state index in [-0.39, 0.29) is 11.9 Å². The summed E-state index contributed by atoms with van der Waals surface area (Å²) in [5.41, 5.74) is 1.80. The number of benzene rings is 1. The summed E-state index contributed by atoms with van der Waals surface area (Å²) in [6.07, 6.45) is 0. The zero-order chi connectivity index (χ0) is 19.8. The highest BCUT2D eigenvalue weighted by molar-refractivity contribution is 7.07. The molecule has 1 unspecified atom stereocenters. The molecule has 2 aromatic rings. The molecule has 1 aliphatic heterocycles. The molecule has 1 N–H and O–H groups in total. The Morgan fingerprint density at radius 1 is 1.18 bits per heavy atom. The van der Waals surface area contributed by atoms with Gasteiger partial charge >= 0.3 is 0 Å². The van der Waals surface area contributed by atoms with E-state index < -0.39 is 0 Å². The number of ether oxygens (including phenoxy) is 3. The first-order valence-electron chi connectivity index (χ1n) is 9.74. The average molecular weight is 405 g/mol. The van der Waals surface area contributed by atoms with Crippen LogP contribution in [0.25, 0.3) is 0 Å². The fourth-order valence-electron chi connectivity index (χ4n) is 3.30. The molecule has 0 spiro atoms. The first-order chi connectivity index (χ1) is 13.7. The second kappa shape index (κ2) is 10.5. The molecule has 1 aromatic carbocycles. The lowest BCUT2D eigenvalue weighted by molar-refractivity contribution is 0.0163. The summed E-state index contributed by atoms with van der Waals surface area (Å²) in [4.78, 5) is 15.1. The van der Waals surface area contributed by atoms with Crippen molar-refractivity contribution in [3.63, 3.8) is 0 Å². The lowest BCUT2D eigenvalue weighted by Gasteiger charge is -2.34. The molecule has 1 aliphatic rings. The summed E-state index contributed by atoms with van der Waals surface area (Å²) in [5, 5.41) is 7.32. The lowest BCUT2D eigenvalue weighted by Crippen LogP contribution is -2.43. The van der Waals surface area contributed by atoms with Gasteiger partial charge in [0.05, 0.1) is 32.5 Å². The highest BCUT2D eigenvalue weighted by Gasteiger charge is 2.24. The van der Waals surface area contributed by atoms with Crippen molar-refractivity contribution >= 4 is 17.2 Å². The average Bonchev–Trinajstić information content (AvgIpc) is 3.25. The van der Waals surface area contributed by atoms with Crippen LogP contribution in [0.1, 0.15) is 35.8 Å². The second-order valence-electron chi connectivity index (χ2n) is 6.46. The van der Waals surface area contributed by atoms with Crippen molar-refractivity contribution < 1.29 is 19.0 Å². The Balaban J connectivity index is 1.69. The first-order valence-corrected chi connectivity index (χ1v) is 10.7. The Kier molecular flexibility index (Phi) is 7.71. The second-order valence-corrected chi connectivity index (χ2v) is 7.24. The summed E-state index contributed by atoms with van der Waals surface area (Å²) in [6, 6.07) is 7.59. The van der Waals surface area contributed by atoms with Gasteiger partial charge in [0, 0.05) is 25.2 Å². The van der Waals surface area contributed by atoms with Crippen molar-refractivity contribution in [2.75, 3.05) is 46.1 Å². The molecule has 1 fully saturated rings. The van der Waals surface area contributed by atoms with Gasteiger partial charge in [0.25, 0.3) is 5.91 Å². The number of carbonyl (C=O) groups excluding carboxylic acids is 1. The van der Waals surface area contributed by atoms with Crippen molar-refractivity contribution in [1.82, 2.24) is 10.2 Å². The minimum absolute atomic E-state index is 0.113. The Bertz CT molecular complexity index is 745. The number of rotatable bonds is 9. The summed E-state index contributed by atoms with van der Waals surface area (Å²) in [7, 11) is 0. The molecular formula is C21H28N2O4S. The quantitative estimate of drug-likeness (QED) is 0.695. The van der Waals surface area contributed by atoms with E-state index >= 15 is 0 Å². The van der Waals surface area contributed by atoms with Crippen LogP contribution >= 0.6 is 11.3 Å². The van der Waals surface area contributed by atoms with Gasteiger partial charge < -0.3 is 19.5 Å². The van der Waals surface area contributed by atoms with Gasteiger partial charge in [0.15, 0.2) is 11.5 Å². The third-order valence-electron chi connectivity index (χ3n) is 4.68. The largest absolute Gasteiger partial charge is 0.490 e. The Hall–Kier alpha value is -2.09. The summed E-state index contributed by atoms with van der Waals surface area (Å²) in [6.45, 7) is 8.64. The maximum Gasteiger partial charge on any atom is 0.251 e. The van der Waals surface area contributed by atoms with E-state index in [1.807, 2.05) is 13.8 Å². The van der Waals surface area contributed by atoms with Crippen LogP contribution in [0.4, 0.5) is 0 Å². The van der Waals surface area contributed by atoms with E-state index in [0.717, 1.165) is 26.3 Å². The standard InChI is InChI=1S/C21H28N2O4S/c1-3-26-19-6-5-16(13-20(19)27-4-2)21(24)22-14-18(17-7-12-28-15-17)23-8-10-25-11-9-23/h5-7,12-13,15,18H,3-4,8-11,14H2,1-2H3,(H,22,24). The molecule has 2 heterocycles. The minimum Gasteiger partial charge on any atom is -0.490 e. The van der Waals surface area contributed by atoms with E-state index in [4.69, 9.17) is 14.2 Å². The van der Waals surface area contributed by atoms with Crippen molar-refractivity contribution in [3.8, 4) is 11.5 Å². The van der Waals surface area contributed by atoms with Crippen LogP contribution in [0, 0.1) is 0 Å². The highest BCUT2D eigenvalue weighted by atomic mass is 32.1.